The summed E-state index contributed by atoms with van der Waals surface area (Å²) in [6.45, 7) is -0.336. The van der Waals surface area contributed by atoms with E-state index in [2.05, 4.69) is 354 Å². The lowest BCUT2D eigenvalue weighted by Crippen LogP contribution is -2.61. The van der Waals surface area contributed by atoms with Crippen LogP contribution in [0.3, 0.4) is 0 Å². The van der Waals surface area contributed by atoms with Gasteiger partial charge in [0.25, 0.3) is 6.71 Å². The highest BCUT2D eigenvalue weighted by Crippen LogP contribution is 2.59. The molecule has 0 saturated carbocycles. The third-order valence-corrected chi connectivity index (χ3v) is 20.2. The smallest absolute Gasteiger partial charge is 0.252 e. The van der Waals surface area contributed by atoms with Crippen molar-refractivity contribution in [2.24, 2.45) is 0 Å². The second kappa shape index (κ2) is 21.5. The van der Waals surface area contributed by atoms with Crippen LogP contribution in [0.5, 0.6) is 23.0 Å². The molecule has 6 heteroatoms. The Bertz CT molecular complexity index is 5510. The van der Waals surface area contributed by atoms with Gasteiger partial charge < -0.3 is 23.8 Å². The largest absolute Gasteiger partial charge is 0.456 e. The highest BCUT2D eigenvalue weighted by atomic mass is 16.5. The average molecular weight is 1220 g/mol. The Balaban J connectivity index is 1.02. The van der Waals surface area contributed by atoms with Gasteiger partial charge in [0, 0.05) is 66.7 Å². The van der Waals surface area contributed by atoms with Crippen LogP contribution in [0, 0.1) is 0 Å². The van der Waals surface area contributed by atoms with Gasteiger partial charge in [-0.1, -0.05) is 267 Å². The highest BCUT2D eigenvalue weighted by Gasteiger charge is 2.48. The molecular weight excluding hydrogens is 1170 g/mol. The van der Waals surface area contributed by atoms with Crippen molar-refractivity contribution >= 4 is 79.0 Å². The van der Waals surface area contributed by atoms with Gasteiger partial charge in [0.05, 0.1) is 39.5 Å². The normalized spacial score (nSPS) is 12.7. The van der Waals surface area contributed by atoms with Crippen molar-refractivity contribution in [3.05, 3.63) is 340 Å². The summed E-state index contributed by atoms with van der Waals surface area (Å²) in [6.07, 6.45) is 0. The third kappa shape index (κ3) is 8.19. The number of ether oxygens (including phenoxy) is 2. The molecule has 1 aromatic heterocycles. The van der Waals surface area contributed by atoms with E-state index in [1.807, 2.05) is 0 Å². The summed E-state index contributed by atoms with van der Waals surface area (Å²) >= 11 is 0. The van der Waals surface area contributed by atoms with Crippen molar-refractivity contribution in [2.45, 2.75) is 0 Å². The van der Waals surface area contributed by atoms with Crippen LogP contribution in [0.1, 0.15) is 0 Å². The average Bonchev–Trinajstić information content (AvgIpc) is 0.715. The minimum absolute atomic E-state index is 0.336. The van der Waals surface area contributed by atoms with Crippen LogP contribution in [0.25, 0.3) is 117 Å². The lowest BCUT2D eigenvalue weighted by atomic mass is 9.33. The Morgan fingerprint density at radius 2 is 0.594 bits per heavy atom. The molecule has 15 aromatic carbocycles. The van der Waals surface area contributed by atoms with Gasteiger partial charge in [-0.2, -0.15) is 0 Å². The van der Waals surface area contributed by atoms with Crippen LogP contribution in [-0.2, 0) is 0 Å². The minimum Gasteiger partial charge on any atom is -0.456 e. The monoisotopic (exact) mass is 1220 g/mol. The number of anilines is 6. The molecule has 4 aliphatic rings. The second-order valence-corrected chi connectivity index (χ2v) is 25.3. The van der Waals surface area contributed by atoms with Crippen molar-refractivity contribution in [3.8, 4) is 118 Å². The van der Waals surface area contributed by atoms with Crippen LogP contribution in [0.4, 0.5) is 34.1 Å². The molecule has 446 valence electrons. The summed E-state index contributed by atoms with van der Waals surface area (Å²) in [7, 11) is 0. The van der Waals surface area contributed by atoms with Gasteiger partial charge in [0.1, 0.15) is 23.0 Å². The van der Waals surface area contributed by atoms with Gasteiger partial charge in [-0.25, -0.2) is 0 Å². The first-order valence-electron chi connectivity index (χ1n) is 33.0. The van der Waals surface area contributed by atoms with Gasteiger partial charge in [0.15, 0.2) is 0 Å². The van der Waals surface area contributed by atoms with E-state index in [0.29, 0.717) is 0 Å². The molecule has 4 aliphatic heterocycles. The summed E-state index contributed by atoms with van der Waals surface area (Å²) in [4.78, 5) is 5.33. The summed E-state index contributed by atoms with van der Waals surface area (Å²) in [6, 6.07) is 125. The summed E-state index contributed by atoms with van der Waals surface area (Å²) < 4.78 is 17.5. The molecule has 0 aliphatic carbocycles. The molecular formula is C90H56BN3O2. The molecule has 20 rings (SSSR count). The number of aromatic nitrogens is 1. The topological polar surface area (TPSA) is 29.9 Å². The standard InChI is InChI=1S/C90H56BN3O2/c1-5-25-57(26-6-1)61-45-51-78-72(53-61)68-35-15-21-41-82(68)95-84-43-23-17-37-70(84)86-64(59-29-9-3-10-30-59)47-49-74-89(86)93(78)80-55-63(92-76-39-19-13-33-66(76)67-34-14-20-40-77(67)92)56-81-88(80)91(74)75-50-48-65(60-31-11-4-12-32-60)87-71-38-18-24-44-85(71)96-83-42-22-16-36-69(83)73-54-62(58-27-7-2-8-28-58)46-52-79(73)94(81)90(75)87/h1-56H. The Morgan fingerprint density at radius 3 is 1.02 bits per heavy atom. The third-order valence-electron chi connectivity index (χ3n) is 20.2. The zero-order valence-electron chi connectivity index (χ0n) is 52.1. The molecule has 96 heavy (non-hydrogen) atoms. The zero-order chi connectivity index (χ0) is 63.0. The molecule has 0 atom stereocenters. The number of hydrogen-bond donors (Lipinski definition) is 0. The maximum Gasteiger partial charge on any atom is 0.252 e. The fraction of sp³-hybridized carbons (Fsp3) is 0. The maximum absolute atomic E-state index is 7.50. The molecule has 5 heterocycles. The van der Waals surface area contributed by atoms with Crippen LogP contribution in [0.2, 0.25) is 0 Å². The molecule has 0 saturated heterocycles. The molecule has 0 bridgehead atoms. The number of nitrogens with zero attached hydrogens (tertiary/aromatic N) is 3. The van der Waals surface area contributed by atoms with Crippen LogP contribution in [-0.4, -0.2) is 11.3 Å². The number of para-hydroxylation sites is 6. The molecule has 0 spiro atoms. The minimum atomic E-state index is -0.336. The molecule has 0 fully saturated rings. The van der Waals surface area contributed by atoms with Crippen LogP contribution < -0.4 is 35.7 Å². The van der Waals surface area contributed by atoms with Gasteiger partial charge in [0.2, 0.25) is 0 Å². The number of rotatable bonds is 5. The first kappa shape index (κ1) is 54.0. The van der Waals surface area contributed by atoms with E-state index in [1.165, 1.54) is 27.2 Å². The predicted molar refractivity (Wildman–Crippen MR) is 398 cm³/mol. The van der Waals surface area contributed by atoms with E-state index >= 15 is 0 Å². The maximum atomic E-state index is 7.50. The molecule has 0 radical (unpaired) electrons. The Kier molecular flexibility index (Phi) is 12.1. The SMILES string of the molecule is c1ccc(-c2ccc3c(c2)-c2ccccc2Oc2ccccc2-c2c(-c4ccccc4)ccc4c2N3c2cc(-n3c5ccccc5c5ccccc53)cc3c2B4c2ccc(-c4ccccc4)c4c2N3c2ccc(-c3ccccc3)cc2-c2ccccc2Oc2ccccc2-4)cc1. The molecule has 5 nitrogen and oxygen atoms in total. The molecule has 0 unspecified atom stereocenters. The molecule has 0 amide bonds. The summed E-state index contributed by atoms with van der Waals surface area (Å²) in [5, 5.41) is 2.38. The predicted octanol–water partition coefficient (Wildman–Crippen LogP) is 22.4. The Morgan fingerprint density at radius 1 is 0.240 bits per heavy atom. The number of benzene rings is 15. The lowest BCUT2D eigenvalue weighted by molar-refractivity contribution is 0.486. The lowest BCUT2D eigenvalue weighted by Gasteiger charge is -2.47. The van der Waals surface area contributed by atoms with Crippen molar-refractivity contribution in [3.63, 3.8) is 0 Å². The first-order chi connectivity index (χ1) is 47.7. The van der Waals surface area contributed by atoms with E-state index in [0.717, 1.165) is 163 Å². The van der Waals surface area contributed by atoms with Gasteiger partial charge in [-0.15, -0.1) is 0 Å². The van der Waals surface area contributed by atoms with E-state index in [1.54, 1.807) is 0 Å². The Hall–Kier alpha value is -12.6. The van der Waals surface area contributed by atoms with Crippen molar-refractivity contribution in [1.82, 2.24) is 4.57 Å². The zero-order valence-corrected chi connectivity index (χ0v) is 52.1. The highest BCUT2D eigenvalue weighted by molar-refractivity contribution is 7.00. The van der Waals surface area contributed by atoms with Crippen molar-refractivity contribution in [1.29, 1.82) is 0 Å². The van der Waals surface area contributed by atoms with E-state index in [-0.39, 0.29) is 6.71 Å². The van der Waals surface area contributed by atoms with Gasteiger partial charge in [-0.3, -0.25) is 0 Å². The van der Waals surface area contributed by atoms with E-state index in [4.69, 9.17) is 9.47 Å². The van der Waals surface area contributed by atoms with Crippen molar-refractivity contribution in [2.75, 3.05) is 9.80 Å². The fourth-order valence-electron chi connectivity index (χ4n) is 16.1. The summed E-state index contributed by atoms with van der Waals surface area (Å²) in [5.74, 6) is 3.08. The number of fused-ring (bicyclic) bond motifs is 19. The molecule has 0 N–H and O–H groups in total. The number of hydrogen-bond acceptors (Lipinski definition) is 4. The fourth-order valence-corrected chi connectivity index (χ4v) is 16.1. The van der Waals surface area contributed by atoms with E-state index < -0.39 is 0 Å². The first-order valence-corrected chi connectivity index (χ1v) is 33.0. The second-order valence-electron chi connectivity index (χ2n) is 25.3. The van der Waals surface area contributed by atoms with Crippen LogP contribution in [0.15, 0.2) is 340 Å². The Labute approximate surface area is 557 Å². The van der Waals surface area contributed by atoms with E-state index in [9.17, 15) is 0 Å². The van der Waals surface area contributed by atoms with Crippen LogP contribution >= 0.6 is 0 Å². The van der Waals surface area contributed by atoms with Gasteiger partial charge >= 0.3 is 0 Å². The van der Waals surface area contributed by atoms with Crippen molar-refractivity contribution < 1.29 is 9.47 Å². The quantitative estimate of drug-likeness (QED) is 0.161. The summed E-state index contributed by atoms with van der Waals surface area (Å²) in [5.41, 5.74) is 30.3. The van der Waals surface area contributed by atoms with Gasteiger partial charge in [-0.05, 0) is 134 Å². The molecule has 16 aromatic rings.